The van der Waals surface area contributed by atoms with Crippen molar-refractivity contribution in [3.63, 3.8) is 0 Å². The zero-order chi connectivity index (χ0) is 17.5. The van der Waals surface area contributed by atoms with E-state index in [4.69, 9.17) is 5.26 Å². The van der Waals surface area contributed by atoms with E-state index in [2.05, 4.69) is 16.0 Å². The fourth-order valence-electron chi connectivity index (χ4n) is 1.90. The van der Waals surface area contributed by atoms with Crippen molar-refractivity contribution in [1.29, 1.82) is 5.26 Å². The number of benzene rings is 2. The molecule has 0 aliphatic rings. The Morgan fingerprint density at radius 3 is 1.96 bits per heavy atom. The number of nitrogens with zero attached hydrogens (tertiary/aromatic N) is 1. The maximum atomic E-state index is 11.9. The molecule has 3 N–H and O–H groups in total. The second-order valence-corrected chi connectivity index (χ2v) is 4.82. The van der Waals surface area contributed by atoms with Crippen molar-refractivity contribution < 1.29 is 14.4 Å². The van der Waals surface area contributed by atoms with Crippen molar-refractivity contribution in [3.05, 3.63) is 54.1 Å². The lowest BCUT2D eigenvalue weighted by atomic mass is 10.2. The standard InChI is InChI=1S/C17H14N4O3/c1-11(22)19-13-6-8-14(9-7-13)20-16(23)17(24)21-15-5-3-2-4-12(15)10-18/h2-9H,1H3,(H,19,22)(H,20,23)(H,21,24). The molecule has 120 valence electrons. The summed E-state index contributed by atoms with van der Waals surface area (Å²) in [5.41, 5.74) is 1.50. The number of nitriles is 1. The number of hydrogen-bond acceptors (Lipinski definition) is 4. The van der Waals surface area contributed by atoms with Gasteiger partial charge in [-0.1, -0.05) is 12.1 Å². The highest BCUT2D eigenvalue weighted by Gasteiger charge is 2.15. The van der Waals surface area contributed by atoms with E-state index in [-0.39, 0.29) is 17.2 Å². The minimum atomic E-state index is -0.886. The number of anilines is 3. The normalized spacial score (nSPS) is 9.50. The Bertz CT molecular complexity index is 822. The van der Waals surface area contributed by atoms with Gasteiger partial charge in [0.1, 0.15) is 6.07 Å². The van der Waals surface area contributed by atoms with Gasteiger partial charge in [-0.3, -0.25) is 14.4 Å². The summed E-state index contributed by atoms with van der Waals surface area (Å²) in [5.74, 6) is -1.96. The number of amides is 3. The molecule has 0 aliphatic heterocycles. The molecule has 2 rings (SSSR count). The molecule has 7 heteroatoms. The SMILES string of the molecule is CC(=O)Nc1ccc(NC(=O)C(=O)Nc2ccccc2C#N)cc1. The van der Waals surface area contributed by atoms with Crippen LogP contribution in [0.3, 0.4) is 0 Å². The van der Waals surface area contributed by atoms with Gasteiger partial charge < -0.3 is 16.0 Å². The predicted octanol–water partition coefficient (Wildman–Crippen LogP) is 2.09. The zero-order valence-corrected chi connectivity index (χ0v) is 12.8. The molecule has 0 bridgehead atoms. The Hall–Kier alpha value is -3.66. The number of para-hydroxylation sites is 1. The summed E-state index contributed by atoms with van der Waals surface area (Å²) in [6.45, 7) is 1.39. The van der Waals surface area contributed by atoms with Gasteiger partial charge in [-0.2, -0.15) is 5.26 Å². The summed E-state index contributed by atoms with van der Waals surface area (Å²) in [4.78, 5) is 34.7. The lowest BCUT2D eigenvalue weighted by Crippen LogP contribution is -2.29. The van der Waals surface area contributed by atoms with Crippen LogP contribution in [0.2, 0.25) is 0 Å². The highest BCUT2D eigenvalue weighted by Crippen LogP contribution is 2.15. The van der Waals surface area contributed by atoms with Gasteiger partial charge in [0.15, 0.2) is 0 Å². The van der Waals surface area contributed by atoms with Gasteiger partial charge in [0.05, 0.1) is 11.3 Å². The van der Waals surface area contributed by atoms with Crippen LogP contribution in [0.5, 0.6) is 0 Å². The molecule has 0 heterocycles. The van der Waals surface area contributed by atoms with Crippen molar-refractivity contribution in [2.45, 2.75) is 6.92 Å². The Labute approximate surface area is 138 Å². The van der Waals surface area contributed by atoms with E-state index in [1.54, 1.807) is 36.4 Å². The number of carbonyl (C=O) groups excluding carboxylic acids is 3. The second-order valence-electron chi connectivity index (χ2n) is 4.82. The van der Waals surface area contributed by atoms with Crippen LogP contribution >= 0.6 is 0 Å². The quantitative estimate of drug-likeness (QED) is 0.751. The molecule has 2 aromatic rings. The minimum Gasteiger partial charge on any atom is -0.326 e. The Morgan fingerprint density at radius 1 is 0.833 bits per heavy atom. The fraction of sp³-hybridized carbons (Fsp3) is 0.0588. The molecule has 0 spiro atoms. The highest BCUT2D eigenvalue weighted by molar-refractivity contribution is 6.43. The van der Waals surface area contributed by atoms with E-state index in [9.17, 15) is 14.4 Å². The van der Waals surface area contributed by atoms with Gasteiger partial charge in [-0.15, -0.1) is 0 Å². The van der Waals surface area contributed by atoms with Crippen LogP contribution in [0.15, 0.2) is 48.5 Å². The molecule has 0 unspecified atom stereocenters. The molecular weight excluding hydrogens is 308 g/mol. The summed E-state index contributed by atoms with van der Waals surface area (Å²) >= 11 is 0. The summed E-state index contributed by atoms with van der Waals surface area (Å²) in [5, 5.41) is 16.4. The van der Waals surface area contributed by atoms with Crippen LogP contribution in [0.1, 0.15) is 12.5 Å². The van der Waals surface area contributed by atoms with Gasteiger partial charge in [0.2, 0.25) is 5.91 Å². The molecule has 2 aromatic carbocycles. The lowest BCUT2D eigenvalue weighted by molar-refractivity contribution is -0.133. The second kappa shape index (κ2) is 7.56. The number of hydrogen-bond donors (Lipinski definition) is 3. The van der Waals surface area contributed by atoms with Gasteiger partial charge in [-0.05, 0) is 36.4 Å². The van der Waals surface area contributed by atoms with Gasteiger partial charge in [0.25, 0.3) is 0 Å². The number of rotatable bonds is 3. The van der Waals surface area contributed by atoms with Crippen molar-refractivity contribution in [1.82, 2.24) is 0 Å². The minimum absolute atomic E-state index is 0.206. The van der Waals surface area contributed by atoms with Crippen LogP contribution in [0.25, 0.3) is 0 Å². The fourth-order valence-corrected chi connectivity index (χ4v) is 1.90. The smallest absolute Gasteiger partial charge is 0.314 e. The average molecular weight is 322 g/mol. The molecule has 24 heavy (non-hydrogen) atoms. The van der Waals surface area contributed by atoms with Gasteiger partial charge in [0, 0.05) is 18.3 Å². The summed E-state index contributed by atoms with van der Waals surface area (Å²) in [6, 6.07) is 14.6. The van der Waals surface area contributed by atoms with Crippen molar-refractivity contribution in [2.75, 3.05) is 16.0 Å². The Morgan fingerprint density at radius 2 is 1.38 bits per heavy atom. The zero-order valence-electron chi connectivity index (χ0n) is 12.8. The average Bonchev–Trinajstić information content (AvgIpc) is 2.56. The third-order valence-corrected chi connectivity index (χ3v) is 2.97. The van der Waals surface area contributed by atoms with Crippen LogP contribution in [-0.2, 0) is 14.4 Å². The van der Waals surface area contributed by atoms with Crippen LogP contribution < -0.4 is 16.0 Å². The molecule has 0 saturated carbocycles. The first-order valence-corrected chi connectivity index (χ1v) is 6.98. The van der Waals surface area contributed by atoms with Crippen molar-refractivity contribution in [3.8, 4) is 6.07 Å². The first-order valence-electron chi connectivity index (χ1n) is 6.98. The molecule has 0 atom stereocenters. The van der Waals surface area contributed by atoms with Crippen molar-refractivity contribution >= 4 is 34.8 Å². The van der Waals surface area contributed by atoms with Gasteiger partial charge in [-0.25, -0.2) is 0 Å². The monoisotopic (exact) mass is 322 g/mol. The van der Waals surface area contributed by atoms with E-state index >= 15 is 0 Å². The number of carbonyl (C=O) groups is 3. The largest absolute Gasteiger partial charge is 0.326 e. The summed E-state index contributed by atoms with van der Waals surface area (Å²) in [7, 11) is 0. The van der Waals surface area contributed by atoms with Crippen LogP contribution in [-0.4, -0.2) is 17.7 Å². The molecule has 3 amide bonds. The Kier molecular flexibility index (Phi) is 5.26. The summed E-state index contributed by atoms with van der Waals surface area (Å²) in [6.07, 6.45) is 0. The first kappa shape index (κ1) is 16.7. The van der Waals surface area contributed by atoms with E-state index in [1.165, 1.54) is 19.1 Å². The molecule has 0 aromatic heterocycles. The number of nitrogens with one attached hydrogen (secondary N) is 3. The molecule has 0 aliphatic carbocycles. The lowest BCUT2D eigenvalue weighted by Gasteiger charge is -2.08. The van der Waals surface area contributed by atoms with Crippen LogP contribution in [0, 0.1) is 11.3 Å². The summed E-state index contributed by atoms with van der Waals surface area (Å²) < 4.78 is 0. The maximum Gasteiger partial charge on any atom is 0.314 e. The van der Waals surface area contributed by atoms with E-state index in [0.29, 0.717) is 11.4 Å². The maximum absolute atomic E-state index is 11.9. The molecule has 0 radical (unpaired) electrons. The third kappa shape index (κ3) is 4.42. The third-order valence-electron chi connectivity index (χ3n) is 2.97. The van der Waals surface area contributed by atoms with Crippen molar-refractivity contribution in [2.24, 2.45) is 0 Å². The predicted molar refractivity (Wildman–Crippen MR) is 89.2 cm³/mol. The van der Waals surface area contributed by atoms with E-state index in [0.717, 1.165) is 0 Å². The topological polar surface area (TPSA) is 111 Å². The molecule has 0 saturated heterocycles. The van der Waals surface area contributed by atoms with Crippen LogP contribution in [0.4, 0.5) is 17.1 Å². The highest BCUT2D eigenvalue weighted by atomic mass is 16.2. The first-order chi connectivity index (χ1) is 11.5. The molecule has 0 fully saturated rings. The van der Waals surface area contributed by atoms with Gasteiger partial charge >= 0.3 is 11.8 Å². The van der Waals surface area contributed by atoms with E-state index in [1.807, 2.05) is 6.07 Å². The molecular formula is C17H14N4O3. The van der Waals surface area contributed by atoms with E-state index < -0.39 is 11.8 Å². The molecule has 7 nitrogen and oxygen atoms in total. The Balaban J connectivity index is 2.00.